The molecule has 1 unspecified atom stereocenters. The van der Waals surface area contributed by atoms with Gasteiger partial charge in [0.1, 0.15) is 40.5 Å². The lowest BCUT2D eigenvalue weighted by Crippen LogP contribution is -2.51. The van der Waals surface area contributed by atoms with Gasteiger partial charge in [0.15, 0.2) is 5.13 Å². The molecule has 0 spiro atoms. The number of nitrogens with two attached hydrogens (primary N) is 2. The first-order chi connectivity index (χ1) is 20.1. The van der Waals surface area contributed by atoms with Gasteiger partial charge in [-0.15, -0.1) is 0 Å². The Bertz CT molecular complexity index is 1800. The van der Waals surface area contributed by atoms with Gasteiger partial charge in [-0.05, 0) is 37.3 Å². The lowest BCUT2D eigenvalue weighted by Gasteiger charge is -2.31. The minimum absolute atomic E-state index is 0.0495. The number of carbonyl (C=O) groups excluding carboxylic acids is 2. The molecule has 2 aromatic carbocycles. The van der Waals surface area contributed by atoms with E-state index in [4.69, 9.17) is 32.5 Å². The number of amides is 2. The predicted octanol–water partition coefficient (Wildman–Crippen LogP) is 4.06. The molecule has 1 aliphatic rings. The van der Waals surface area contributed by atoms with E-state index >= 15 is 0 Å². The van der Waals surface area contributed by atoms with Gasteiger partial charge in [0.05, 0.1) is 29.1 Å². The highest BCUT2D eigenvalue weighted by Gasteiger charge is 2.57. The lowest BCUT2D eigenvalue weighted by molar-refractivity contribution is -0.265. The average molecular weight is 640 g/mol. The number of nitrogens with one attached hydrogen (secondary N) is 1. The number of halogens is 5. The molecule has 0 bridgehead atoms. The number of hydrogen-bond donors (Lipinski definition) is 4. The van der Waals surface area contributed by atoms with Crippen LogP contribution < -0.4 is 26.3 Å². The van der Waals surface area contributed by atoms with Crippen LogP contribution in [0.3, 0.4) is 0 Å². The van der Waals surface area contributed by atoms with Crippen molar-refractivity contribution in [2.75, 3.05) is 26.0 Å². The number of rotatable bonds is 7. The number of aliphatic hydroxyl groups is 1. The number of thiazole rings is 1. The zero-order valence-electron chi connectivity index (χ0n) is 22.3. The van der Waals surface area contributed by atoms with Crippen LogP contribution in [0.1, 0.15) is 28.5 Å². The summed E-state index contributed by atoms with van der Waals surface area (Å²) in [4.78, 5) is 33.6. The number of aromatic nitrogens is 2. The Morgan fingerprint density at radius 3 is 2.58 bits per heavy atom. The highest BCUT2D eigenvalue weighted by molar-refractivity contribution is 7.22. The minimum atomic E-state index is -5.40. The monoisotopic (exact) mass is 639 g/mol. The standard InChI is InChI=1S/C27H22ClF4N5O5S/c1-25(23(33)39)10-42-21-13(25)8-18(36-19(21)11-3-4-14(28)15(29)5-11)26(40,27(30,31)32)9-35-22(38)12-6-16(41-2)20-17(7-12)43-24(34)37-20/h3-8,40H,9-10H2,1-2H3,(H2,33,39)(H2,34,37)(H,35,38)/t25-,26?/m0/s1. The molecule has 4 aromatic rings. The fraction of sp³-hybridized carbons (Fsp3) is 0.259. The molecule has 0 fully saturated rings. The number of alkyl halides is 3. The van der Waals surface area contributed by atoms with E-state index in [2.05, 4.69) is 15.3 Å². The zero-order valence-corrected chi connectivity index (χ0v) is 23.9. The van der Waals surface area contributed by atoms with Gasteiger partial charge < -0.3 is 31.4 Å². The van der Waals surface area contributed by atoms with Gasteiger partial charge in [-0.25, -0.2) is 14.4 Å². The number of nitrogen functional groups attached to an aromatic ring is 1. The van der Waals surface area contributed by atoms with E-state index in [9.17, 15) is 32.3 Å². The molecule has 16 heteroatoms. The number of anilines is 1. The van der Waals surface area contributed by atoms with Crippen molar-refractivity contribution in [2.45, 2.75) is 24.1 Å². The number of hydrogen-bond acceptors (Lipinski definition) is 9. The molecule has 1 aliphatic heterocycles. The molecule has 3 heterocycles. The first-order valence-electron chi connectivity index (χ1n) is 12.3. The van der Waals surface area contributed by atoms with E-state index in [-0.39, 0.29) is 50.6 Å². The number of fused-ring (bicyclic) bond motifs is 2. The van der Waals surface area contributed by atoms with Gasteiger partial charge in [-0.3, -0.25) is 9.59 Å². The van der Waals surface area contributed by atoms with E-state index in [1.165, 1.54) is 32.2 Å². The fourth-order valence-electron chi connectivity index (χ4n) is 4.59. The van der Waals surface area contributed by atoms with Crippen molar-refractivity contribution < 1.29 is 41.7 Å². The Balaban J connectivity index is 1.60. The Kier molecular flexibility index (Phi) is 7.39. The Morgan fingerprint density at radius 1 is 1.23 bits per heavy atom. The number of ether oxygens (including phenoxy) is 2. The minimum Gasteiger partial charge on any atom is -0.494 e. The molecule has 2 amide bonds. The molecule has 0 saturated carbocycles. The molecule has 0 aliphatic carbocycles. The van der Waals surface area contributed by atoms with Crippen molar-refractivity contribution in [1.29, 1.82) is 0 Å². The second-order valence-electron chi connectivity index (χ2n) is 9.96. The topological polar surface area (TPSA) is 163 Å². The Morgan fingerprint density at radius 2 is 1.95 bits per heavy atom. The van der Waals surface area contributed by atoms with Gasteiger partial charge in [-0.1, -0.05) is 29.0 Å². The number of methoxy groups -OCH3 is 1. The van der Waals surface area contributed by atoms with Crippen LogP contribution in [0.25, 0.3) is 21.5 Å². The normalized spacial score (nSPS) is 17.7. The number of primary amides is 1. The van der Waals surface area contributed by atoms with Crippen molar-refractivity contribution >= 4 is 50.1 Å². The summed E-state index contributed by atoms with van der Waals surface area (Å²) in [7, 11) is 1.32. The van der Waals surface area contributed by atoms with Crippen LogP contribution in [-0.2, 0) is 15.8 Å². The number of benzene rings is 2. The highest BCUT2D eigenvalue weighted by atomic mass is 35.5. The summed E-state index contributed by atoms with van der Waals surface area (Å²) >= 11 is 6.81. The first kappa shape index (κ1) is 30.3. The predicted molar refractivity (Wildman–Crippen MR) is 150 cm³/mol. The maximum absolute atomic E-state index is 14.6. The summed E-state index contributed by atoms with van der Waals surface area (Å²) in [5, 5.41) is 13.2. The molecule has 226 valence electrons. The SMILES string of the molecule is COc1cc(C(=O)NCC(O)(c2cc3c(c(-c4ccc(Cl)c(F)c4)n2)OC[C@]3(C)C(N)=O)C(F)(F)F)cc2sc(N)nc12. The van der Waals surface area contributed by atoms with Gasteiger partial charge in [0, 0.05) is 16.7 Å². The van der Waals surface area contributed by atoms with Crippen molar-refractivity contribution in [2.24, 2.45) is 5.73 Å². The van der Waals surface area contributed by atoms with Crippen molar-refractivity contribution in [3.63, 3.8) is 0 Å². The van der Waals surface area contributed by atoms with Crippen LogP contribution in [0.5, 0.6) is 11.5 Å². The molecule has 0 radical (unpaired) electrons. The summed E-state index contributed by atoms with van der Waals surface area (Å²) in [6.07, 6.45) is -5.40. The lowest BCUT2D eigenvalue weighted by atomic mass is 9.81. The molecule has 2 atom stereocenters. The third-order valence-corrected chi connectivity index (χ3v) is 8.30. The van der Waals surface area contributed by atoms with E-state index in [0.29, 0.717) is 10.2 Å². The molecule has 0 saturated heterocycles. The van der Waals surface area contributed by atoms with Crippen LogP contribution >= 0.6 is 22.9 Å². The van der Waals surface area contributed by atoms with Gasteiger partial charge in [-0.2, -0.15) is 13.2 Å². The second-order valence-corrected chi connectivity index (χ2v) is 11.4. The van der Waals surface area contributed by atoms with E-state index < -0.39 is 47.1 Å². The van der Waals surface area contributed by atoms with Crippen LogP contribution in [0.2, 0.25) is 5.02 Å². The Hall–Kier alpha value is -4.21. The van der Waals surface area contributed by atoms with E-state index in [0.717, 1.165) is 29.5 Å². The smallest absolute Gasteiger partial charge is 0.424 e. The summed E-state index contributed by atoms with van der Waals surface area (Å²) in [6, 6.07) is 6.84. The number of carbonyl (C=O) groups is 2. The second kappa shape index (κ2) is 10.5. The van der Waals surface area contributed by atoms with Gasteiger partial charge >= 0.3 is 6.18 Å². The summed E-state index contributed by atoms with van der Waals surface area (Å²) in [6.45, 7) is -0.393. The van der Waals surface area contributed by atoms with Crippen molar-refractivity contribution in [3.05, 3.63) is 64.1 Å². The summed E-state index contributed by atoms with van der Waals surface area (Å²) < 4.78 is 69.6. The van der Waals surface area contributed by atoms with Crippen LogP contribution in [0, 0.1) is 5.82 Å². The maximum atomic E-state index is 14.6. The fourth-order valence-corrected chi connectivity index (χ4v) is 5.50. The number of pyridine rings is 1. The van der Waals surface area contributed by atoms with E-state index in [1.54, 1.807) is 0 Å². The molecule has 43 heavy (non-hydrogen) atoms. The van der Waals surface area contributed by atoms with Crippen LogP contribution in [0.4, 0.5) is 22.7 Å². The quantitative estimate of drug-likeness (QED) is 0.220. The van der Waals surface area contributed by atoms with Crippen LogP contribution in [0.15, 0.2) is 36.4 Å². The van der Waals surface area contributed by atoms with Crippen molar-refractivity contribution in [1.82, 2.24) is 15.3 Å². The third kappa shape index (κ3) is 5.06. The molecule has 10 nitrogen and oxygen atoms in total. The van der Waals surface area contributed by atoms with Crippen molar-refractivity contribution in [3.8, 4) is 22.8 Å². The molecule has 6 N–H and O–H groups in total. The van der Waals surface area contributed by atoms with Crippen LogP contribution in [-0.4, -0.2) is 53.3 Å². The van der Waals surface area contributed by atoms with E-state index in [1.807, 2.05) is 0 Å². The average Bonchev–Trinajstić information content (AvgIpc) is 3.51. The summed E-state index contributed by atoms with van der Waals surface area (Å²) in [5.74, 6) is -2.77. The first-order valence-corrected chi connectivity index (χ1v) is 13.5. The molecular formula is C27H22ClF4N5O5S. The molecule has 5 rings (SSSR count). The Labute approximate surface area is 249 Å². The van der Waals surface area contributed by atoms with Gasteiger partial charge in [0.2, 0.25) is 11.5 Å². The highest BCUT2D eigenvalue weighted by Crippen LogP contribution is 2.48. The molecule has 2 aromatic heterocycles. The number of nitrogens with zero attached hydrogens (tertiary/aromatic N) is 2. The van der Waals surface area contributed by atoms with Gasteiger partial charge in [0.25, 0.3) is 5.91 Å². The largest absolute Gasteiger partial charge is 0.494 e. The molecular weight excluding hydrogens is 618 g/mol. The third-order valence-electron chi connectivity index (χ3n) is 7.17. The summed E-state index contributed by atoms with van der Waals surface area (Å²) in [5.41, 5.74) is 4.71. The maximum Gasteiger partial charge on any atom is 0.424 e. The zero-order chi connectivity index (χ0) is 31.5.